The molecule has 6 heteroatoms. The van der Waals surface area contributed by atoms with Crippen LogP contribution in [0.3, 0.4) is 0 Å². The van der Waals surface area contributed by atoms with E-state index in [2.05, 4.69) is 15.3 Å². The lowest BCUT2D eigenvalue weighted by molar-refractivity contribution is 0.0935. The average Bonchev–Trinajstić information content (AvgIpc) is 3.31. The Morgan fingerprint density at radius 3 is 2.84 bits per heavy atom. The highest BCUT2D eigenvalue weighted by atomic mass is 16.3. The highest BCUT2D eigenvalue weighted by Gasteiger charge is 2.15. The summed E-state index contributed by atoms with van der Waals surface area (Å²) in [5.41, 5.74) is 1.30. The van der Waals surface area contributed by atoms with Crippen molar-refractivity contribution in [1.82, 2.24) is 19.9 Å². The van der Waals surface area contributed by atoms with Gasteiger partial charge in [-0.05, 0) is 31.2 Å². The number of para-hydroxylation sites is 1. The van der Waals surface area contributed by atoms with Crippen LogP contribution >= 0.6 is 0 Å². The van der Waals surface area contributed by atoms with E-state index in [1.807, 2.05) is 37.3 Å². The van der Waals surface area contributed by atoms with Gasteiger partial charge in [-0.3, -0.25) is 9.36 Å². The first-order chi connectivity index (χ1) is 12.2. The fraction of sp³-hybridized carbons (Fsp3) is 0.105. The van der Waals surface area contributed by atoms with E-state index in [1.54, 1.807) is 41.6 Å². The van der Waals surface area contributed by atoms with E-state index in [0.29, 0.717) is 11.4 Å². The third-order valence-corrected chi connectivity index (χ3v) is 4.00. The molecule has 0 unspecified atom stereocenters. The highest BCUT2D eigenvalue weighted by molar-refractivity contribution is 5.94. The van der Waals surface area contributed by atoms with E-state index in [1.165, 1.54) is 0 Å². The van der Waals surface area contributed by atoms with Gasteiger partial charge in [0.15, 0.2) is 0 Å². The smallest absolute Gasteiger partial charge is 0.253 e. The van der Waals surface area contributed by atoms with E-state index in [0.717, 1.165) is 16.7 Å². The number of amides is 1. The molecule has 4 aromatic rings. The number of rotatable bonds is 4. The molecule has 25 heavy (non-hydrogen) atoms. The first kappa shape index (κ1) is 15.1. The van der Waals surface area contributed by atoms with E-state index < -0.39 is 0 Å². The minimum absolute atomic E-state index is 0.197. The van der Waals surface area contributed by atoms with Crippen molar-refractivity contribution in [3.8, 4) is 5.82 Å². The lowest BCUT2D eigenvalue weighted by Gasteiger charge is -2.11. The van der Waals surface area contributed by atoms with Crippen LogP contribution in [-0.2, 0) is 0 Å². The lowest BCUT2D eigenvalue weighted by Crippen LogP contribution is -2.26. The molecule has 3 aromatic heterocycles. The molecule has 0 aliphatic carbocycles. The summed E-state index contributed by atoms with van der Waals surface area (Å²) in [5, 5.41) is 3.95. The number of hydrogen-bond donors (Lipinski definition) is 1. The van der Waals surface area contributed by atoms with E-state index in [4.69, 9.17) is 4.42 Å². The second-order valence-electron chi connectivity index (χ2n) is 5.76. The summed E-state index contributed by atoms with van der Waals surface area (Å²) in [4.78, 5) is 20.7. The monoisotopic (exact) mass is 332 g/mol. The molecule has 4 rings (SSSR count). The summed E-state index contributed by atoms with van der Waals surface area (Å²) in [6, 6.07) is 13.0. The number of fused-ring (bicyclic) bond motifs is 1. The minimum atomic E-state index is -0.242. The van der Waals surface area contributed by atoms with Crippen molar-refractivity contribution in [2.24, 2.45) is 0 Å². The zero-order valence-corrected chi connectivity index (χ0v) is 13.6. The first-order valence-electron chi connectivity index (χ1n) is 7.94. The fourth-order valence-electron chi connectivity index (χ4n) is 2.63. The van der Waals surface area contributed by atoms with Crippen molar-refractivity contribution < 1.29 is 9.21 Å². The van der Waals surface area contributed by atoms with Gasteiger partial charge in [-0.2, -0.15) is 0 Å². The summed E-state index contributed by atoms with van der Waals surface area (Å²) in [7, 11) is 0. The van der Waals surface area contributed by atoms with Gasteiger partial charge in [0.2, 0.25) is 0 Å². The first-order valence-corrected chi connectivity index (χ1v) is 7.94. The Kier molecular flexibility index (Phi) is 3.78. The van der Waals surface area contributed by atoms with Crippen LogP contribution < -0.4 is 5.32 Å². The number of pyridine rings is 1. The fourth-order valence-corrected chi connectivity index (χ4v) is 2.63. The van der Waals surface area contributed by atoms with Gasteiger partial charge in [-0.25, -0.2) is 9.97 Å². The maximum Gasteiger partial charge on any atom is 0.253 e. The summed E-state index contributed by atoms with van der Waals surface area (Å²) in [6.07, 6.45) is 6.69. The Labute approximate surface area is 144 Å². The normalized spacial score (nSPS) is 12.2. The number of nitrogens with one attached hydrogen (secondary N) is 1. The molecule has 1 aromatic carbocycles. The van der Waals surface area contributed by atoms with Gasteiger partial charge in [-0.1, -0.05) is 18.2 Å². The van der Waals surface area contributed by atoms with Gasteiger partial charge < -0.3 is 9.73 Å². The van der Waals surface area contributed by atoms with Crippen LogP contribution in [0.5, 0.6) is 0 Å². The zero-order valence-electron chi connectivity index (χ0n) is 13.6. The molecule has 0 saturated heterocycles. The summed E-state index contributed by atoms with van der Waals surface area (Å²) in [6.45, 7) is 1.89. The van der Waals surface area contributed by atoms with Crippen LogP contribution in [0.25, 0.3) is 16.8 Å². The molecule has 0 spiro atoms. The summed E-state index contributed by atoms with van der Waals surface area (Å²) in [5.74, 6) is 1.23. The average molecular weight is 332 g/mol. The maximum atomic E-state index is 12.4. The number of hydrogen-bond acceptors (Lipinski definition) is 4. The summed E-state index contributed by atoms with van der Waals surface area (Å²) < 4.78 is 7.57. The molecule has 1 atom stereocenters. The van der Waals surface area contributed by atoms with Crippen molar-refractivity contribution in [1.29, 1.82) is 0 Å². The standard InChI is InChI=1S/C19H16N4O2/c1-13(17-10-14-4-2-3-5-16(14)25-17)22-19(24)15-6-7-18(21-11-15)23-9-8-20-12-23/h2-13H,1H3,(H,22,24)/t13-/m1/s1. The van der Waals surface area contributed by atoms with Crippen LogP contribution in [0.1, 0.15) is 29.1 Å². The second-order valence-corrected chi connectivity index (χ2v) is 5.76. The van der Waals surface area contributed by atoms with Crippen LogP contribution in [0.15, 0.2) is 71.8 Å². The third kappa shape index (κ3) is 3.01. The van der Waals surface area contributed by atoms with Gasteiger partial charge in [0, 0.05) is 24.0 Å². The van der Waals surface area contributed by atoms with Gasteiger partial charge in [0.25, 0.3) is 5.91 Å². The molecule has 0 aliphatic rings. The van der Waals surface area contributed by atoms with E-state index in [-0.39, 0.29) is 11.9 Å². The second kappa shape index (κ2) is 6.24. The highest BCUT2D eigenvalue weighted by Crippen LogP contribution is 2.23. The molecule has 0 radical (unpaired) electrons. The molecule has 1 amide bonds. The molecule has 3 heterocycles. The van der Waals surface area contributed by atoms with Crippen LogP contribution in [-0.4, -0.2) is 20.4 Å². The Hall–Kier alpha value is -3.41. The summed E-state index contributed by atoms with van der Waals surface area (Å²) >= 11 is 0. The number of aromatic nitrogens is 3. The molecule has 6 nitrogen and oxygen atoms in total. The zero-order chi connectivity index (χ0) is 17.2. The van der Waals surface area contributed by atoms with Crippen molar-refractivity contribution >= 4 is 16.9 Å². The number of furan rings is 1. The van der Waals surface area contributed by atoms with E-state index >= 15 is 0 Å². The van der Waals surface area contributed by atoms with Crippen LogP contribution in [0, 0.1) is 0 Å². The van der Waals surface area contributed by atoms with Crippen molar-refractivity contribution in [2.75, 3.05) is 0 Å². The van der Waals surface area contributed by atoms with Crippen LogP contribution in [0.4, 0.5) is 0 Å². The van der Waals surface area contributed by atoms with Crippen molar-refractivity contribution in [2.45, 2.75) is 13.0 Å². The quantitative estimate of drug-likeness (QED) is 0.621. The molecular weight excluding hydrogens is 316 g/mol. The SMILES string of the molecule is C[C@@H](NC(=O)c1ccc(-n2ccnc2)nc1)c1cc2ccccc2o1. The number of carbonyl (C=O) groups is 1. The number of carbonyl (C=O) groups excluding carboxylic acids is 1. The third-order valence-electron chi connectivity index (χ3n) is 4.00. The Balaban J connectivity index is 1.49. The number of nitrogens with zero attached hydrogens (tertiary/aromatic N) is 3. The Morgan fingerprint density at radius 1 is 1.24 bits per heavy atom. The van der Waals surface area contributed by atoms with Crippen molar-refractivity contribution in [3.05, 3.63) is 78.7 Å². The van der Waals surface area contributed by atoms with Gasteiger partial charge in [-0.15, -0.1) is 0 Å². The van der Waals surface area contributed by atoms with Crippen molar-refractivity contribution in [3.63, 3.8) is 0 Å². The minimum Gasteiger partial charge on any atom is -0.459 e. The number of benzene rings is 1. The predicted molar refractivity (Wildman–Crippen MR) is 93.5 cm³/mol. The molecule has 1 N–H and O–H groups in total. The topological polar surface area (TPSA) is 73.0 Å². The van der Waals surface area contributed by atoms with Gasteiger partial charge in [0.05, 0.1) is 11.6 Å². The largest absolute Gasteiger partial charge is 0.459 e. The maximum absolute atomic E-state index is 12.4. The lowest BCUT2D eigenvalue weighted by atomic mass is 10.2. The predicted octanol–water partition coefficient (Wildman–Crippen LogP) is 3.50. The number of imidazole rings is 1. The molecule has 0 saturated carbocycles. The molecule has 0 aliphatic heterocycles. The molecular formula is C19H16N4O2. The van der Waals surface area contributed by atoms with Crippen LogP contribution in [0.2, 0.25) is 0 Å². The van der Waals surface area contributed by atoms with Gasteiger partial charge in [0.1, 0.15) is 23.5 Å². The molecule has 0 fully saturated rings. The molecule has 124 valence electrons. The Bertz CT molecular complexity index is 971. The Morgan fingerprint density at radius 2 is 2.12 bits per heavy atom. The van der Waals surface area contributed by atoms with Gasteiger partial charge >= 0.3 is 0 Å². The van der Waals surface area contributed by atoms with E-state index in [9.17, 15) is 4.79 Å². The molecule has 0 bridgehead atoms.